The van der Waals surface area contributed by atoms with Crippen molar-refractivity contribution in [3.05, 3.63) is 45.9 Å². The molecule has 0 unspecified atom stereocenters. The average Bonchev–Trinajstić information content (AvgIpc) is 2.60. The van der Waals surface area contributed by atoms with Gasteiger partial charge >= 0.3 is 0 Å². The van der Waals surface area contributed by atoms with E-state index in [2.05, 4.69) is 15.3 Å². The van der Waals surface area contributed by atoms with Crippen LogP contribution in [0.5, 0.6) is 0 Å². The summed E-state index contributed by atoms with van der Waals surface area (Å²) in [5.74, 6) is 0.101. The molecule has 0 aliphatic heterocycles. The van der Waals surface area contributed by atoms with E-state index in [0.717, 1.165) is 47.5 Å². The highest BCUT2D eigenvalue weighted by atomic mass is 32.2. The van der Waals surface area contributed by atoms with Crippen molar-refractivity contribution in [3.8, 4) is 0 Å². The number of amides is 1. The molecule has 1 aromatic carbocycles. The Hall–Kier alpha value is -1.73. The fourth-order valence-electron chi connectivity index (χ4n) is 2.68. The van der Waals surface area contributed by atoms with Crippen LogP contribution < -0.4 is 10.9 Å². The van der Waals surface area contributed by atoms with Crippen molar-refractivity contribution < 1.29 is 4.79 Å². The summed E-state index contributed by atoms with van der Waals surface area (Å²) in [6, 6.07) is 7.71. The molecule has 5 nitrogen and oxygen atoms in total. The molecule has 1 amide bonds. The van der Waals surface area contributed by atoms with Gasteiger partial charge in [0.2, 0.25) is 5.91 Å². The van der Waals surface area contributed by atoms with Crippen LogP contribution in [0.3, 0.4) is 0 Å². The van der Waals surface area contributed by atoms with Crippen molar-refractivity contribution in [2.75, 3.05) is 17.3 Å². The number of anilines is 1. The quantitative estimate of drug-likeness (QED) is 0.632. The first-order valence-electron chi connectivity index (χ1n) is 7.84. The first-order valence-corrected chi connectivity index (χ1v) is 10.1. The minimum Gasteiger partial charge on any atom is -0.325 e. The third-order valence-corrected chi connectivity index (χ3v) is 5.46. The largest absolute Gasteiger partial charge is 0.325 e. The maximum atomic E-state index is 12.1. The fourth-order valence-corrected chi connectivity index (χ4v) is 3.82. The Labute approximate surface area is 149 Å². The normalized spacial score (nSPS) is 13.4. The summed E-state index contributed by atoms with van der Waals surface area (Å²) in [7, 11) is 0. The highest BCUT2D eigenvalue weighted by Gasteiger charge is 2.16. The predicted octanol–water partition coefficient (Wildman–Crippen LogP) is 3.10. The van der Waals surface area contributed by atoms with E-state index in [1.54, 1.807) is 11.8 Å². The third kappa shape index (κ3) is 4.21. The summed E-state index contributed by atoms with van der Waals surface area (Å²) in [5.41, 5.74) is 2.42. The van der Waals surface area contributed by atoms with Gasteiger partial charge in [0, 0.05) is 16.1 Å². The summed E-state index contributed by atoms with van der Waals surface area (Å²) in [4.78, 5) is 32.6. The van der Waals surface area contributed by atoms with Crippen LogP contribution in [0.1, 0.15) is 24.1 Å². The number of nitrogens with one attached hydrogen (secondary N) is 2. The van der Waals surface area contributed by atoms with Crippen molar-refractivity contribution in [3.63, 3.8) is 0 Å². The highest BCUT2D eigenvalue weighted by Crippen LogP contribution is 2.21. The fraction of sp³-hybridized carbons (Fsp3) is 0.353. The zero-order valence-electron chi connectivity index (χ0n) is 13.4. The highest BCUT2D eigenvalue weighted by molar-refractivity contribution is 7.99. The number of thioether (sulfide) groups is 2. The zero-order valence-corrected chi connectivity index (χ0v) is 15.1. The molecule has 24 heavy (non-hydrogen) atoms. The second-order valence-electron chi connectivity index (χ2n) is 5.57. The molecule has 0 saturated carbocycles. The Bertz CT molecular complexity index is 805. The van der Waals surface area contributed by atoms with Crippen LogP contribution in [0, 0.1) is 0 Å². The van der Waals surface area contributed by atoms with E-state index < -0.39 is 0 Å². The first kappa shape index (κ1) is 17.1. The van der Waals surface area contributed by atoms with Crippen LogP contribution in [0.25, 0.3) is 0 Å². The lowest BCUT2D eigenvalue weighted by molar-refractivity contribution is -0.113. The minimum atomic E-state index is -0.112. The summed E-state index contributed by atoms with van der Waals surface area (Å²) in [5, 5.41) is 3.39. The number of carbonyl (C=O) groups excluding carboxylic acids is 1. The molecule has 1 aliphatic carbocycles. The zero-order chi connectivity index (χ0) is 16.9. The molecule has 1 aliphatic rings. The summed E-state index contributed by atoms with van der Waals surface area (Å²) >= 11 is 2.89. The molecule has 0 bridgehead atoms. The van der Waals surface area contributed by atoms with E-state index in [1.165, 1.54) is 11.8 Å². The van der Waals surface area contributed by atoms with Gasteiger partial charge in [0.1, 0.15) is 0 Å². The number of benzene rings is 1. The molecule has 2 aromatic rings. The van der Waals surface area contributed by atoms with Crippen LogP contribution in [0.15, 0.2) is 39.1 Å². The molecule has 0 fully saturated rings. The van der Waals surface area contributed by atoms with Gasteiger partial charge < -0.3 is 10.3 Å². The van der Waals surface area contributed by atoms with Gasteiger partial charge in [0.25, 0.3) is 5.56 Å². The minimum absolute atomic E-state index is 0.0599. The Morgan fingerprint density at radius 3 is 3.00 bits per heavy atom. The lowest BCUT2D eigenvalue weighted by atomic mass is 9.97. The maximum Gasteiger partial charge on any atom is 0.254 e. The molecule has 2 N–H and O–H groups in total. The van der Waals surface area contributed by atoms with Crippen LogP contribution >= 0.6 is 23.5 Å². The van der Waals surface area contributed by atoms with E-state index in [-0.39, 0.29) is 17.2 Å². The summed E-state index contributed by atoms with van der Waals surface area (Å²) in [6.45, 7) is 0. The number of hydrogen-bond acceptors (Lipinski definition) is 5. The van der Waals surface area contributed by atoms with E-state index in [9.17, 15) is 9.59 Å². The molecular formula is C17H19N3O2S2. The second-order valence-corrected chi connectivity index (χ2v) is 7.42. The monoisotopic (exact) mass is 361 g/mol. The number of H-pyrrole nitrogens is 1. The summed E-state index contributed by atoms with van der Waals surface area (Å²) in [6.07, 6.45) is 5.76. The van der Waals surface area contributed by atoms with Crippen molar-refractivity contribution in [1.82, 2.24) is 9.97 Å². The van der Waals surface area contributed by atoms with E-state index in [1.807, 2.05) is 30.5 Å². The predicted molar refractivity (Wildman–Crippen MR) is 99.1 cm³/mol. The van der Waals surface area contributed by atoms with Gasteiger partial charge in [-0.1, -0.05) is 17.8 Å². The molecule has 126 valence electrons. The lowest BCUT2D eigenvalue weighted by Crippen LogP contribution is -2.22. The molecule has 0 saturated heterocycles. The number of aryl methyl sites for hydroxylation is 1. The Balaban J connectivity index is 1.62. The molecule has 1 aromatic heterocycles. The molecular weight excluding hydrogens is 342 g/mol. The number of hydrogen-bond donors (Lipinski definition) is 2. The molecule has 0 spiro atoms. The Kier molecular flexibility index (Phi) is 5.63. The van der Waals surface area contributed by atoms with Gasteiger partial charge in [0.15, 0.2) is 5.16 Å². The van der Waals surface area contributed by atoms with E-state index >= 15 is 0 Å². The smallest absolute Gasteiger partial charge is 0.254 e. The van der Waals surface area contributed by atoms with Crippen molar-refractivity contribution in [2.45, 2.75) is 35.7 Å². The second kappa shape index (κ2) is 7.90. The van der Waals surface area contributed by atoms with Gasteiger partial charge in [-0.15, -0.1) is 11.8 Å². The number of carbonyl (C=O) groups is 1. The van der Waals surface area contributed by atoms with Gasteiger partial charge in [-0.2, -0.15) is 0 Å². The summed E-state index contributed by atoms with van der Waals surface area (Å²) < 4.78 is 0. The number of aromatic nitrogens is 2. The van der Waals surface area contributed by atoms with Gasteiger partial charge in [-0.25, -0.2) is 4.98 Å². The van der Waals surface area contributed by atoms with Crippen molar-refractivity contribution >= 4 is 35.1 Å². The standard InChI is InChI=1S/C17H19N3O2S2/c1-23-12-6-4-5-11(9-12)18-15(21)10-24-17-19-14-8-3-2-7-13(14)16(22)20-17/h4-6,9H,2-3,7-8,10H2,1H3,(H,18,21)(H,19,20,22). The first-order chi connectivity index (χ1) is 11.7. The van der Waals surface area contributed by atoms with Gasteiger partial charge in [0.05, 0.1) is 11.4 Å². The molecule has 0 atom stereocenters. The van der Waals surface area contributed by atoms with Gasteiger partial charge in [-0.3, -0.25) is 9.59 Å². The third-order valence-electron chi connectivity index (χ3n) is 3.86. The average molecular weight is 361 g/mol. The SMILES string of the molecule is CSc1cccc(NC(=O)CSc2nc3c(c(=O)[nH]2)CCCC3)c1. The maximum absolute atomic E-state index is 12.1. The lowest BCUT2D eigenvalue weighted by Gasteiger charge is -2.14. The Morgan fingerprint density at radius 1 is 1.33 bits per heavy atom. The van der Waals surface area contributed by atoms with Crippen LogP contribution in [-0.4, -0.2) is 27.9 Å². The number of aromatic amines is 1. The van der Waals surface area contributed by atoms with Crippen LogP contribution in [-0.2, 0) is 17.6 Å². The molecule has 0 radical (unpaired) electrons. The van der Waals surface area contributed by atoms with Crippen molar-refractivity contribution in [2.24, 2.45) is 0 Å². The van der Waals surface area contributed by atoms with Crippen LogP contribution in [0.4, 0.5) is 5.69 Å². The number of rotatable bonds is 5. The van der Waals surface area contributed by atoms with E-state index in [0.29, 0.717) is 5.16 Å². The Morgan fingerprint density at radius 2 is 2.17 bits per heavy atom. The van der Waals surface area contributed by atoms with E-state index in [4.69, 9.17) is 0 Å². The van der Waals surface area contributed by atoms with Gasteiger partial charge in [-0.05, 0) is 50.1 Å². The topological polar surface area (TPSA) is 74.8 Å². The number of nitrogens with zero attached hydrogens (tertiary/aromatic N) is 1. The van der Waals surface area contributed by atoms with Crippen LogP contribution in [0.2, 0.25) is 0 Å². The molecule has 3 rings (SSSR count). The number of fused-ring (bicyclic) bond motifs is 1. The molecule has 7 heteroatoms. The van der Waals surface area contributed by atoms with Crippen molar-refractivity contribution in [1.29, 1.82) is 0 Å². The molecule has 1 heterocycles.